The normalized spacial score (nSPS) is 18.4. The zero-order valence-electron chi connectivity index (χ0n) is 10.9. The number of rotatable bonds is 2. The Morgan fingerprint density at radius 3 is 2.24 bits per heavy atom. The molecule has 0 spiro atoms. The van der Waals surface area contributed by atoms with E-state index in [4.69, 9.17) is 0 Å². The first-order valence-corrected chi connectivity index (χ1v) is 6.90. The molecule has 1 atom stereocenters. The Bertz CT molecular complexity index is 392. The molecule has 17 heavy (non-hydrogen) atoms. The smallest absolute Gasteiger partial charge is 0.0656 e. The molecule has 0 amide bonds. The van der Waals surface area contributed by atoms with Crippen molar-refractivity contribution in [2.45, 2.75) is 32.4 Å². The monoisotopic (exact) mass is 247 g/mol. The highest BCUT2D eigenvalue weighted by Crippen LogP contribution is 2.32. The van der Waals surface area contributed by atoms with E-state index in [2.05, 4.69) is 49.7 Å². The minimum atomic E-state index is 0.431. The van der Waals surface area contributed by atoms with Gasteiger partial charge in [0, 0.05) is 5.70 Å². The summed E-state index contributed by atoms with van der Waals surface area (Å²) in [6.45, 7) is 14.0. The SMILES string of the molecule is C=C1NC(=C)C(Cc2ccc(C)cc2)S1.CC. The van der Waals surface area contributed by atoms with Crippen molar-refractivity contribution in [3.63, 3.8) is 0 Å². The van der Waals surface area contributed by atoms with Crippen LogP contribution in [0.3, 0.4) is 0 Å². The van der Waals surface area contributed by atoms with Gasteiger partial charge in [0.25, 0.3) is 0 Å². The third kappa shape index (κ3) is 3.97. The predicted molar refractivity (Wildman–Crippen MR) is 79.0 cm³/mol. The number of aryl methyl sites for hydroxylation is 1. The van der Waals surface area contributed by atoms with Crippen LogP contribution in [0.4, 0.5) is 0 Å². The lowest BCUT2D eigenvalue weighted by molar-refractivity contribution is 0.913. The first-order chi connectivity index (χ1) is 8.15. The highest BCUT2D eigenvalue weighted by molar-refractivity contribution is 8.04. The summed E-state index contributed by atoms with van der Waals surface area (Å²) >= 11 is 1.77. The quantitative estimate of drug-likeness (QED) is 0.838. The van der Waals surface area contributed by atoms with Gasteiger partial charge in [-0.05, 0) is 18.9 Å². The van der Waals surface area contributed by atoms with Crippen LogP contribution < -0.4 is 5.32 Å². The van der Waals surface area contributed by atoms with Gasteiger partial charge in [0.15, 0.2) is 0 Å². The Kier molecular flexibility index (Phi) is 5.36. The van der Waals surface area contributed by atoms with Gasteiger partial charge in [-0.15, -0.1) is 0 Å². The summed E-state index contributed by atoms with van der Waals surface area (Å²) in [7, 11) is 0. The molecule has 1 nitrogen and oxygen atoms in total. The number of thioether (sulfide) groups is 1. The van der Waals surface area contributed by atoms with E-state index in [0.717, 1.165) is 17.1 Å². The van der Waals surface area contributed by atoms with E-state index in [-0.39, 0.29) is 0 Å². The average molecular weight is 247 g/mol. The second-order valence-electron chi connectivity index (χ2n) is 3.87. The molecule has 0 bridgehead atoms. The van der Waals surface area contributed by atoms with E-state index < -0.39 is 0 Å². The van der Waals surface area contributed by atoms with Gasteiger partial charge in [-0.3, -0.25) is 0 Å². The van der Waals surface area contributed by atoms with Crippen molar-refractivity contribution in [2.75, 3.05) is 0 Å². The van der Waals surface area contributed by atoms with Gasteiger partial charge in [-0.1, -0.05) is 68.6 Å². The van der Waals surface area contributed by atoms with Crippen molar-refractivity contribution in [3.8, 4) is 0 Å². The van der Waals surface area contributed by atoms with Crippen LogP contribution in [0.15, 0.2) is 48.1 Å². The lowest BCUT2D eigenvalue weighted by atomic mass is 10.1. The van der Waals surface area contributed by atoms with E-state index in [1.54, 1.807) is 11.8 Å². The molecule has 1 heterocycles. The van der Waals surface area contributed by atoms with Crippen LogP contribution in [0.2, 0.25) is 0 Å². The number of benzene rings is 1. The minimum Gasteiger partial charge on any atom is -0.354 e. The van der Waals surface area contributed by atoms with Gasteiger partial charge in [0.2, 0.25) is 0 Å². The van der Waals surface area contributed by atoms with Crippen LogP contribution in [0, 0.1) is 6.92 Å². The fourth-order valence-corrected chi connectivity index (χ4v) is 2.65. The molecule has 0 aromatic heterocycles. The molecule has 1 aromatic carbocycles. The number of hydrogen-bond donors (Lipinski definition) is 1. The fraction of sp³-hybridized carbons (Fsp3) is 0.333. The summed E-state index contributed by atoms with van der Waals surface area (Å²) in [4.78, 5) is 0. The van der Waals surface area contributed by atoms with Gasteiger partial charge < -0.3 is 5.32 Å². The van der Waals surface area contributed by atoms with Gasteiger partial charge >= 0.3 is 0 Å². The molecule has 1 N–H and O–H groups in total. The average Bonchev–Trinajstić information content (AvgIpc) is 2.63. The summed E-state index contributed by atoms with van der Waals surface area (Å²) < 4.78 is 0. The molecule has 1 aliphatic rings. The maximum absolute atomic E-state index is 4.01. The number of hydrogen-bond acceptors (Lipinski definition) is 2. The molecule has 1 fully saturated rings. The van der Waals surface area contributed by atoms with E-state index in [1.807, 2.05) is 13.8 Å². The molecule has 0 radical (unpaired) electrons. The van der Waals surface area contributed by atoms with Gasteiger partial charge in [-0.25, -0.2) is 0 Å². The molecular formula is C15H21NS. The van der Waals surface area contributed by atoms with Crippen LogP contribution in [0.1, 0.15) is 25.0 Å². The molecule has 1 saturated heterocycles. The van der Waals surface area contributed by atoms with Crippen molar-refractivity contribution >= 4 is 11.8 Å². The summed E-state index contributed by atoms with van der Waals surface area (Å²) in [5.74, 6) is 0. The fourth-order valence-electron chi connectivity index (χ4n) is 1.63. The van der Waals surface area contributed by atoms with Crippen LogP contribution in [0.25, 0.3) is 0 Å². The molecule has 2 rings (SSSR count). The second-order valence-corrected chi connectivity index (χ2v) is 5.17. The molecule has 1 aromatic rings. The Hall–Kier alpha value is -1.15. The van der Waals surface area contributed by atoms with Crippen LogP contribution in [0.5, 0.6) is 0 Å². The molecule has 92 valence electrons. The summed E-state index contributed by atoms with van der Waals surface area (Å²) in [6, 6.07) is 8.68. The van der Waals surface area contributed by atoms with Crippen LogP contribution in [-0.4, -0.2) is 5.25 Å². The predicted octanol–water partition coefficient (Wildman–Crippen LogP) is 4.25. The topological polar surface area (TPSA) is 12.0 Å². The molecule has 1 unspecified atom stereocenters. The van der Waals surface area contributed by atoms with E-state index >= 15 is 0 Å². The molecule has 0 aliphatic carbocycles. The molecular weight excluding hydrogens is 226 g/mol. The highest BCUT2D eigenvalue weighted by Gasteiger charge is 2.22. The highest BCUT2D eigenvalue weighted by atomic mass is 32.2. The van der Waals surface area contributed by atoms with Gasteiger partial charge in [0.05, 0.1) is 10.3 Å². The molecule has 1 aliphatic heterocycles. The van der Waals surface area contributed by atoms with Crippen molar-refractivity contribution in [2.24, 2.45) is 0 Å². The maximum atomic E-state index is 4.01. The molecule has 2 heteroatoms. The standard InChI is InChI=1S/C13H15NS.C2H6/c1-9-4-6-12(7-5-9)8-13-10(2)14-11(3)15-13;1-2/h4-7,13-14H,2-3,8H2,1H3;1-2H3. The lowest BCUT2D eigenvalue weighted by Crippen LogP contribution is -2.10. The Morgan fingerprint density at radius 1 is 1.18 bits per heavy atom. The van der Waals surface area contributed by atoms with Crippen molar-refractivity contribution in [3.05, 3.63) is 59.3 Å². The first-order valence-electron chi connectivity index (χ1n) is 6.02. The van der Waals surface area contributed by atoms with Crippen LogP contribution >= 0.6 is 11.8 Å². The van der Waals surface area contributed by atoms with Gasteiger partial charge in [-0.2, -0.15) is 0 Å². The van der Waals surface area contributed by atoms with Crippen LogP contribution in [-0.2, 0) is 6.42 Å². The van der Waals surface area contributed by atoms with Crippen molar-refractivity contribution < 1.29 is 0 Å². The third-order valence-corrected chi connectivity index (χ3v) is 3.64. The summed E-state index contributed by atoms with van der Waals surface area (Å²) in [5, 5.41) is 4.61. The number of nitrogens with one attached hydrogen (secondary N) is 1. The summed E-state index contributed by atoms with van der Waals surface area (Å²) in [6.07, 6.45) is 1.02. The first kappa shape index (κ1) is 13.9. The zero-order chi connectivity index (χ0) is 12.8. The Morgan fingerprint density at radius 2 is 1.76 bits per heavy atom. The minimum absolute atomic E-state index is 0.431. The molecule has 0 saturated carbocycles. The van der Waals surface area contributed by atoms with Crippen molar-refractivity contribution in [1.82, 2.24) is 5.32 Å². The summed E-state index contributed by atoms with van der Waals surface area (Å²) in [5.41, 5.74) is 3.74. The van der Waals surface area contributed by atoms with E-state index in [0.29, 0.717) is 5.25 Å². The second kappa shape index (κ2) is 6.55. The van der Waals surface area contributed by atoms with Gasteiger partial charge in [0.1, 0.15) is 0 Å². The van der Waals surface area contributed by atoms with E-state index in [9.17, 15) is 0 Å². The van der Waals surface area contributed by atoms with Crippen molar-refractivity contribution in [1.29, 1.82) is 0 Å². The maximum Gasteiger partial charge on any atom is 0.0656 e. The third-order valence-electron chi connectivity index (χ3n) is 2.51. The van der Waals surface area contributed by atoms with E-state index in [1.165, 1.54) is 11.1 Å². The Balaban J connectivity index is 0.000000686. The lowest BCUT2D eigenvalue weighted by Gasteiger charge is -2.08. The zero-order valence-corrected chi connectivity index (χ0v) is 11.7. The Labute approximate surface area is 109 Å². The largest absolute Gasteiger partial charge is 0.354 e.